The maximum atomic E-state index is 12.7. The van der Waals surface area contributed by atoms with Gasteiger partial charge in [0.25, 0.3) is 10.0 Å². The van der Waals surface area contributed by atoms with Gasteiger partial charge in [0.1, 0.15) is 0 Å². The highest BCUT2D eigenvalue weighted by Gasteiger charge is 2.20. The molecule has 0 spiro atoms. The third-order valence-corrected chi connectivity index (χ3v) is 5.45. The molecule has 3 aromatic rings. The van der Waals surface area contributed by atoms with Crippen molar-refractivity contribution in [3.05, 3.63) is 79.1 Å². The van der Waals surface area contributed by atoms with Crippen LogP contribution in [0, 0.1) is 0 Å². The lowest BCUT2D eigenvalue weighted by atomic mass is 10.1. The molecule has 0 radical (unpaired) electrons. The Labute approximate surface area is 136 Å². The second-order valence-electron chi connectivity index (χ2n) is 5.07. The lowest BCUT2D eigenvalue weighted by Crippen LogP contribution is -2.26. The quantitative estimate of drug-likeness (QED) is 0.737. The van der Waals surface area contributed by atoms with E-state index in [1.165, 1.54) is 4.31 Å². The second-order valence-corrected chi connectivity index (χ2v) is 7.04. The number of benzene rings is 2. The molecule has 0 bridgehead atoms. The minimum atomic E-state index is -3.57. The van der Waals surface area contributed by atoms with Crippen LogP contribution in [0.15, 0.2) is 84.0 Å². The van der Waals surface area contributed by atoms with Crippen LogP contribution < -0.4 is 4.31 Å². The first-order valence-corrected chi connectivity index (χ1v) is 8.57. The summed E-state index contributed by atoms with van der Waals surface area (Å²) in [4.78, 5) is 4.25. The van der Waals surface area contributed by atoms with Gasteiger partial charge < -0.3 is 0 Å². The highest BCUT2D eigenvalue weighted by atomic mass is 32.2. The van der Waals surface area contributed by atoms with Crippen LogP contribution in [0.3, 0.4) is 0 Å². The molecular formula is C18H16N2O2S. The van der Waals surface area contributed by atoms with E-state index in [-0.39, 0.29) is 4.90 Å². The number of sulfonamides is 1. The van der Waals surface area contributed by atoms with Gasteiger partial charge in [0.15, 0.2) is 0 Å². The van der Waals surface area contributed by atoms with Gasteiger partial charge >= 0.3 is 0 Å². The molecule has 0 amide bonds. The lowest BCUT2D eigenvalue weighted by Gasteiger charge is -2.19. The molecule has 1 heterocycles. The zero-order chi connectivity index (χ0) is 16.3. The fraction of sp³-hybridized carbons (Fsp3) is 0.0556. The van der Waals surface area contributed by atoms with E-state index in [2.05, 4.69) is 4.98 Å². The minimum Gasteiger partial charge on any atom is -0.269 e. The highest BCUT2D eigenvalue weighted by molar-refractivity contribution is 7.92. The zero-order valence-corrected chi connectivity index (χ0v) is 13.4. The number of hydrogen-bond donors (Lipinski definition) is 0. The van der Waals surface area contributed by atoms with Gasteiger partial charge in [0.05, 0.1) is 10.6 Å². The Bertz CT molecular complexity index is 877. The molecule has 3 rings (SSSR count). The Balaban J connectivity index is 1.92. The van der Waals surface area contributed by atoms with Crippen LogP contribution in [0.2, 0.25) is 0 Å². The number of hydrogen-bond acceptors (Lipinski definition) is 3. The van der Waals surface area contributed by atoms with Gasteiger partial charge in [-0.25, -0.2) is 8.42 Å². The Morgan fingerprint density at radius 2 is 1.35 bits per heavy atom. The maximum absolute atomic E-state index is 12.7. The predicted octanol–water partition coefficient (Wildman–Crippen LogP) is 3.57. The number of para-hydroxylation sites is 1. The average Bonchev–Trinajstić information content (AvgIpc) is 2.62. The van der Waals surface area contributed by atoms with Gasteiger partial charge in [-0.3, -0.25) is 9.29 Å². The average molecular weight is 324 g/mol. The van der Waals surface area contributed by atoms with Crippen molar-refractivity contribution in [1.29, 1.82) is 0 Å². The number of rotatable bonds is 4. The van der Waals surface area contributed by atoms with Crippen molar-refractivity contribution in [2.75, 3.05) is 11.4 Å². The van der Waals surface area contributed by atoms with Crippen molar-refractivity contribution in [1.82, 2.24) is 4.98 Å². The molecule has 116 valence electrons. The van der Waals surface area contributed by atoms with Crippen molar-refractivity contribution in [3.8, 4) is 11.1 Å². The summed E-state index contributed by atoms with van der Waals surface area (Å²) in [7, 11) is -2.01. The predicted molar refractivity (Wildman–Crippen MR) is 91.7 cm³/mol. The molecule has 0 aliphatic carbocycles. The second kappa shape index (κ2) is 6.22. The van der Waals surface area contributed by atoms with Crippen LogP contribution in [0.5, 0.6) is 0 Å². The van der Waals surface area contributed by atoms with Crippen LogP contribution in [0.4, 0.5) is 5.69 Å². The van der Waals surface area contributed by atoms with E-state index in [4.69, 9.17) is 0 Å². The van der Waals surface area contributed by atoms with E-state index in [9.17, 15) is 8.42 Å². The standard InChI is InChI=1S/C18H16N2O2S/c1-20(17-5-3-2-4-6-17)23(21,22)18-9-7-15(8-10-18)16-11-13-19-14-12-16/h2-14H,1H3. The topological polar surface area (TPSA) is 50.3 Å². The molecule has 0 aliphatic rings. The van der Waals surface area contributed by atoms with Crippen LogP contribution in [0.1, 0.15) is 0 Å². The summed E-state index contributed by atoms with van der Waals surface area (Å²) >= 11 is 0. The van der Waals surface area contributed by atoms with Gasteiger partial charge in [0.2, 0.25) is 0 Å². The SMILES string of the molecule is CN(c1ccccc1)S(=O)(=O)c1ccc(-c2ccncc2)cc1. The summed E-state index contributed by atoms with van der Waals surface area (Å²) in [6.07, 6.45) is 3.42. The first-order valence-electron chi connectivity index (χ1n) is 7.13. The number of anilines is 1. The van der Waals surface area contributed by atoms with E-state index in [1.807, 2.05) is 30.3 Å². The Morgan fingerprint density at radius 1 is 0.783 bits per heavy atom. The van der Waals surface area contributed by atoms with Crippen molar-refractivity contribution >= 4 is 15.7 Å². The molecule has 2 aromatic carbocycles. The molecule has 0 unspecified atom stereocenters. The third kappa shape index (κ3) is 3.10. The molecule has 23 heavy (non-hydrogen) atoms. The molecule has 0 atom stereocenters. The summed E-state index contributed by atoms with van der Waals surface area (Å²) in [5, 5.41) is 0. The Kier molecular flexibility index (Phi) is 4.12. The van der Waals surface area contributed by atoms with Crippen molar-refractivity contribution in [2.45, 2.75) is 4.90 Å². The molecule has 0 saturated heterocycles. The Hall–Kier alpha value is -2.66. The van der Waals surface area contributed by atoms with Crippen LogP contribution >= 0.6 is 0 Å². The smallest absolute Gasteiger partial charge is 0.264 e. The molecule has 1 aromatic heterocycles. The summed E-state index contributed by atoms with van der Waals surface area (Å²) in [5.74, 6) is 0. The largest absolute Gasteiger partial charge is 0.269 e. The van der Waals surface area contributed by atoms with Crippen molar-refractivity contribution in [3.63, 3.8) is 0 Å². The van der Waals surface area contributed by atoms with E-state index < -0.39 is 10.0 Å². The van der Waals surface area contributed by atoms with E-state index >= 15 is 0 Å². The normalized spacial score (nSPS) is 11.2. The molecule has 0 N–H and O–H groups in total. The van der Waals surface area contributed by atoms with E-state index in [0.29, 0.717) is 5.69 Å². The molecule has 0 saturated carbocycles. The lowest BCUT2D eigenvalue weighted by molar-refractivity contribution is 0.594. The van der Waals surface area contributed by atoms with E-state index in [0.717, 1.165) is 11.1 Å². The first-order chi connectivity index (χ1) is 11.1. The fourth-order valence-electron chi connectivity index (χ4n) is 2.30. The molecular weight excluding hydrogens is 308 g/mol. The molecule has 0 fully saturated rings. The Morgan fingerprint density at radius 3 is 1.96 bits per heavy atom. The van der Waals surface area contributed by atoms with Gasteiger partial charge in [-0.15, -0.1) is 0 Å². The van der Waals surface area contributed by atoms with Crippen molar-refractivity contribution < 1.29 is 8.42 Å². The summed E-state index contributed by atoms with van der Waals surface area (Å²) in [5.41, 5.74) is 2.58. The van der Waals surface area contributed by atoms with Gasteiger partial charge in [-0.1, -0.05) is 30.3 Å². The zero-order valence-electron chi connectivity index (χ0n) is 12.6. The number of pyridine rings is 1. The van der Waals surface area contributed by atoms with E-state index in [1.54, 1.807) is 55.8 Å². The molecule has 0 aliphatic heterocycles. The van der Waals surface area contributed by atoms with Gasteiger partial charge in [-0.05, 0) is 47.5 Å². The number of nitrogens with zero attached hydrogens (tertiary/aromatic N) is 2. The minimum absolute atomic E-state index is 0.265. The van der Waals surface area contributed by atoms with Crippen LogP contribution in [0.25, 0.3) is 11.1 Å². The van der Waals surface area contributed by atoms with Crippen LogP contribution in [-0.4, -0.2) is 20.4 Å². The maximum Gasteiger partial charge on any atom is 0.264 e. The molecule has 5 heteroatoms. The highest BCUT2D eigenvalue weighted by Crippen LogP contribution is 2.24. The fourth-order valence-corrected chi connectivity index (χ4v) is 3.49. The van der Waals surface area contributed by atoms with Gasteiger partial charge in [0, 0.05) is 19.4 Å². The van der Waals surface area contributed by atoms with Crippen molar-refractivity contribution in [2.24, 2.45) is 0 Å². The summed E-state index contributed by atoms with van der Waals surface area (Å²) in [6.45, 7) is 0. The third-order valence-electron chi connectivity index (χ3n) is 3.65. The van der Waals surface area contributed by atoms with Gasteiger partial charge in [-0.2, -0.15) is 0 Å². The number of aromatic nitrogens is 1. The summed E-state index contributed by atoms with van der Waals surface area (Å²) < 4.78 is 26.7. The van der Waals surface area contributed by atoms with Crippen LogP contribution in [-0.2, 0) is 10.0 Å². The molecule has 4 nitrogen and oxygen atoms in total. The monoisotopic (exact) mass is 324 g/mol. The first kappa shape index (κ1) is 15.2. The summed E-state index contributed by atoms with van der Waals surface area (Å²) in [6, 6.07) is 19.7.